The van der Waals surface area contributed by atoms with E-state index in [1.54, 1.807) is 11.5 Å². The summed E-state index contributed by atoms with van der Waals surface area (Å²) in [6.07, 6.45) is 1.36. The van der Waals surface area contributed by atoms with Crippen molar-refractivity contribution in [2.24, 2.45) is 15.9 Å². The van der Waals surface area contributed by atoms with E-state index in [1.807, 2.05) is 6.07 Å². The van der Waals surface area contributed by atoms with Crippen molar-refractivity contribution < 1.29 is 9.77 Å². The van der Waals surface area contributed by atoms with Crippen LogP contribution >= 0.6 is 31.9 Å². The molecule has 0 aromatic heterocycles. The van der Waals surface area contributed by atoms with Gasteiger partial charge >= 0.3 is 0 Å². The summed E-state index contributed by atoms with van der Waals surface area (Å²) in [6, 6.07) is 3.56. The van der Waals surface area contributed by atoms with Gasteiger partial charge in [0.2, 0.25) is 0 Å². The van der Waals surface area contributed by atoms with Gasteiger partial charge in [-0.3, -0.25) is 0 Å². The third-order valence-corrected chi connectivity index (χ3v) is 2.86. The average molecular weight is 395 g/mol. The maximum Gasteiger partial charge on any atom is 0.275 e. The van der Waals surface area contributed by atoms with Gasteiger partial charge in [0.15, 0.2) is 5.03 Å². The van der Waals surface area contributed by atoms with Crippen molar-refractivity contribution in [2.75, 3.05) is 7.11 Å². The number of methoxy groups -OCH3 is 1. The van der Waals surface area contributed by atoms with Gasteiger partial charge in [0.05, 0.1) is 17.8 Å². The van der Waals surface area contributed by atoms with Crippen LogP contribution in [0.5, 0.6) is 5.75 Å². The first-order valence-electron chi connectivity index (χ1n) is 4.74. The van der Waals surface area contributed by atoms with Crippen LogP contribution in [0, 0.1) is 10.1 Å². The molecule has 102 valence electrons. The Morgan fingerprint density at radius 2 is 2.26 bits per heavy atom. The first-order valence-corrected chi connectivity index (χ1v) is 6.33. The Morgan fingerprint density at radius 1 is 1.58 bits per heavy atom. The van der Waals surface area contributed by atoms with Crippen LogP contribution < -0.4 is 15.9 Å². The third kappa shape index (κ3) is 4.83. The fraction of sp³-hybridized carbons (Fsp3) is 0.111. The fourth-order valence-corrected chi connectivity index (χ4v) is 2.58. The molecule has 8 nitrogen and oxygen atoms in total. The molecule has 0 aliphatic heterocycles. The minimum atomic E-state index is -0.829. The smallest absolute Gasteiger partial charge is 0.275 e. The molecule has 0 saturated heterocycles. The molecule has 1 rings (SSSR count). The van der Waals surface area contributed by atoms with Gasteiger partial charge in [-0.1, -0.05) is 21.4 Å². The Bertz CT molecular complexity index is 547. The van der Waals surface area contributed by atoms with Gasteiger partial charge in [0, 0.05) is 10.0 Å². The molecule has 3 N–H and O–H groups in total. The van der Waals surface area contributed by atoms with Gasteiger partial charge in [-0.25, -0.2) is 10.1 Å². The van der Waals surface area contributed by atoms with Crippen LogP contribution in [0.15, 0.2) is 31.3 Å². The van der Waals surface area contributed by atoms with Crippen molar-refractivity contribution in [3.8, 4) is 5.75 Å². The maximum atomic E-state index is 10.1. The number of nitrogens with two attached hydrogens (primary N) is 1. The zero-order valence-corrected chi connectivity index (χ0v) is 12.8. The van der Waals surface area contributed by atoms with Crippen LogP contribution in [0.3, 0.4) is 0 Å². The lowest BCUT2D eigenvalue weighted by Gasteiger charge is -2.07. The normalized spacial score (nSPS) is 11.6. The summed E-state index contributed by atoms with van der Waals surface area (Å²) >= 11 is 6.65. The first kappa shape index (κ1) is 15.4. The number of rotatable bonds is 4. The van der Waals surface area contributed by atoms with Gasteiger partial charge < -0.3 is 10.5 Å². The van der Waals surface area contributed by atoms with E-state index in [9.17, 15) is 10.1 Å². The molecule has 19 heavy (non-hydrogen) atoms. The van der Waals surface area contributed by atoms with Crippen LogP contribution in [0.2, 0.25) is 0 Å². The summed E-state index contributed by atoms with van der Waals surface area (Å²) in [5.74, 6) is 0.136. The molecular weight excluding hydrogens is 386 g/mol. The van der Waals surface area contributed by atoms with Gasteiger partial charge in [-0.05, 0) is 28.1 Å². The summed E-state index contributed by atoms with van der Waals surface area (Å²) in [6.45, 7) is 0. The number of hydrogen-bond acceptors (Lipinski definition) is 5. The van der Waals surface area contributed by atoms with E-state index in [-0.39, 0.29) is 0 Å². The third-order valence-electron chi connectivity index (χ3n) is 1.81. The Morgan fingerprint density at radius 3 is 2.84 bits per heavy atom. The Balaban J connectivity index is 2.96. The average Bonchev–Trinajstić information content (AvgIpc) is 2.27. The van der Waals surface area contributed by atoms with E-state index in [0.717, 1.165) is 8.95 Å². The van der Waals surface area contributed by atoms with Crippen molar-refractivity contribution in [3.63, 3.8) is 0 Å². The van der Waals surface area contributed by atoms with Crippen LogP contribution in [-0.2, 0) is 0 Å². The molecule has 10 heteroatoms. The summed E-state index contributed by atoms with van der Waals surface area (Å²) in [7, 11) is 1.51. The molecule has 1 aromatic carbocycles. The molecule has 0 spiro atoms. The molecule has 0 radical (unpaired) electrons. The number of halogens is 2. The van der Waals surface area contributed by atoms with Crippen LogP contribution in [0.4, 0.5) is 0 Å². The van der Waals surface area contributed by atoms with E-state index in [0.29, 0.717) is 11.3 Å². The molecule has 0 fully saturated rings. The molecule has 0 atom stereocenters. The highest BCUT2D eigenvalue weighted by molar-refractivity contribution is 9.11. The number of benzene rings is 1. The van der Waals surface area contributed by atoms with E-state index < -0.39 is 11.0 Å². The molecule has 0 aliphatic carbocycles. The molecule has 0 unspecified atom stereocenters. The molecule has 0 saturated carbocycles. The van der Waals surface area contributed by atoms with E-state index >= 15 is 0 Å². The predicted octanol–water partition coefficient (Wildman–Crippen LogP) is 1.65. The maximum absolute atomic E-state index is 10.1. The quantitative estimate of drug-likeness (QED) is 0.348. The minimum Gasteiger partial charge on any atom is -0.495 e. The molecular formula is C9H9Br2N5O3. The molecule has 0 heterocycles. The van der Waals surface area contributed by atoms with Gasteiger partial charge in [0.1, 0.15) is 5.75 Å². The summed E-state index contributed by atoms with van der Waals surface area (Å²) in [5.41, 5.74) is 7.50. The molecule has 1 aromatic rings. The van der Waals surface area contributed by atoms with E-state index in [4.69, 9.17) is 10.5 Å². The molecule has 0 bridgehead atoms. The Hall–Kier alpha value is -1.68. The highest BCUT2D eigenvalue weighted by Gasteiger charge is 2.07. The lowest BCUT2D eigenvalue weighted by atomic mass is 10.2. The van der Waals surface area contributed by atoms with Gasteiger partial charge in [-0.2, -0.15) is 5.10 Å². The second kappa shape index (κ2) is 7.04. The van der Waals surface area contributed by atoms with E-state index in [2.05, 4.69) is 42.1 Å². The van der Waals surface area contributed by atoms with Gasteiger partial charge in [0.25, 0.3) is 5.96 Å². The Labute approximate surface area is 125 Å². The highest BCUT2D eigenvalue weighted by Crippen LogP contribution is 2.31. The lowest BCUT2D eigenvalue weighted by Crippen LogP contribution is -2.35. The number of hydrazine groups is 1. The summed E-state index contributed by atoms with van der Waals surface area (Å²) in [4.78, 5) is 10.1. The number of ether oxygens (including phenoxy) is 1. The second-order valence-electron chi connectivity index (χ2n) is 3.11. The summed E-state index contributed by atoms with van der Waals surface area (Å²) < 4.78 is 6.73. The van der Waals surface area contributed by atoms with Crippen molar-refractivity contribution in [1.82, 2.24) is 5.43 Å². The number of nitrogens with one attached hydrogen (secondary N) is 1. The number of nitro groups is 1. The monoisotopic (exact) mass is 393 g/mol. The standard InChI is InChI=1S/C9H9Br2N5O3/c1-19-8-5(2-6(10)3-7(8)11)4-13-14-9(12)15-16(17)18/h2-4H,1H3,(H3,12,14,15). The van der Waals surface area contributed by atoms with Gasteiger partial charge in [-0.15, -0.1) is 5.10 Å². The molecule has 0 aliphatic rings. The number of hydrogen-bond donors (Lipinski definition) is 2. The van der Waals surface area contributed by atoms with Crippen molar-refractivity contribution in [1.29, 1.82) is 0 Å². The number of guanidine groups is 1. The van der Waals surface area contributed by atoms with E-state index in [1.165, 1.54) is 13.3 Å². The zero-order chi connectivity index (χ0) is 14.4. The fourth-order valence-electron chi connectivity index (χ4n) is 1.16. The lowest BCUT2D eigenvalue weighted by molar-refractivity contribution is -0.525. The molecule has 0 amide bonds. The second-order valence-corrected chi connectivity index (χ2v) is 4.88. The SMILES string of the molecule is COc1c(Br)cc(Br)cc1C=NN=C(N)N[N+](=O)[O-]. The van der Waals surface area contributed by atoms with Crippen LogP contribution in [0.25, 0.3) is 0 Å². The van der Waals surface area contributed by atoms with Crippen LogP contribution in [0.1, 0.15) is 5.56 Å². The topological polar surface area (TPSA) is 115 Å². The predicted molar refractivity (Wildman–Crippen MR) is 77.7 cm³/mol. The highest BCUT2D eigenvalue weighted by atomic mass is 79.9. The minimum absolute atomic E-state index is 0.422. The van der Waals surface area contributed by atoms with Crippen LogP contribution in [-0.4, -0.2) is 24.3 Å². The summed E-state index contributed by atoms with van der Waals surface area (Å²) in [5, 5.41) is 16.3. The van der Waals surface area contributed by atoms with Crippen molar-refractivity contribution in [3.05, 3.63) is 36.8 Å². The van der Waals surface area contributed by atoms with Crippen molar-refractivity contribution >= 4 is 44.0 Å². The zero-order valence-electron chi connectivity index (χ0n) is 9.63. The largest absolute Gasteiger partial charge is 0.495 e. The van der Waals surface area contributed by atoms with Crippen molar-refractivity contribution in [2.45, 2.75) is 0 Å². The first-order chi connectivity index (χ1) is 8.93. The number of nitrogens with zero attached hydrogens (tertiary/aromatic N) is 3. The Kier molecular flexibility index (Phi) is 5.70.